The highest BCUT2D eigenvalue weighted by Gasteiger charge is 2.06. The van der Waals surface area contributed by atoms with E-state index in [2.05, 4.69) is 18.8 Å². The van der Waals surface area contributed by atoms with Crippen molar-refractivity contribution in [3.8, 4) is 0 Å². The van der Waals surface area contributed by atoms with E-state index in [9.17, 15) is 4.79 Å². The van der Waals surface area contributed by atoms with Gasteiger partial charge in [-0.2, -0.15) is 0 Å². The van der Waals surface area contributed by atoms with Gasteiger partial charge in [-0.05, 0) is 25.0 Å². The molecule has 0 aromatic carbocycles. The molecule has 0 spiro atoms. The fourth-order valence-corrected chi connectivity index (χ4v) is 1.49. The van der Waals surface area contributed by atoms with Gasteiger partial charge in [-0.15, -0.1) is 0 Å². The summed E-state index contributed by atoms with van der Waals surface area (Å²) < 4.78 is 5.42. The van der Waals surface area contributed by atoms with E-state index in [-0.39, 0.29) is 5.43 Å². The van der Waals surface area contributed by atoms with E-state index >= 15 is 0 Å². The number of hydrogen-bond donors (Lipinski definition) is 0. The Morgan fingerprint density at radius 2 is 2.07 bits per heavy atom. The summed E-state index contributed by atoms with van der Waals surface area (Å²) in [6.45, 7) is 5.87. The van der Waals surface area contributed by atoms with Gasteiger partial charge in [0.25, 0.3) is 0 Å². The summed E-state index contributed by atoms with van der Waals surface area (Å²) in [5, 5.41) is 0.546. The van der Waals surface area contributed by atoms with Crippen molar-refractivity contribution >= 4 is 11.1 Å². The number of fused-ring (bicyclic) bond motifs is 1. The van der Waals surface area contributed by atoms with Crippen LogP contribution in [0, 0.1) is 6.92 Å². The molecule has 3 heteroatoms. The summed E-state index contributed by atoms with van der Waals surface area (Å²) in [5.41, 5.74) is 1.35. The quantitative estimate of drug-likeness (QED) is 0.715. The van der Waals surface area contributed by atoms with E-state index in [1.54, 1.807) is 13.0 Å². The van der Waals surface area contributed by atoms with Crippen LogP contribution in [0.15, 0.2) is 27.4 Å². The van der Waals surface area contributed by atoms with Crippen LogP contribution in [-0.2, 0) is 0 Å². The molecule has 15 heavy (non-hydrogen) atoms. The standard InChI is InChI=1S/C12H13NO2/c1-7(2)10-5-4-9-11(14)6-8(3)15-12(9)13-10/h4-7H,1-3H3. The largest absolute Gasteiger partial charge is 0.443 e. The highest BCUT2D eigenvalue weighted by Crippen LogP contribution is 2.16. The molecule has 0 aliphatic heterocycles. The normalized spacial score (nSPS) is 11.2. The smallest absolute Gasteiger partial charge is 0.230 e. The predicted molar refractivity (Wildman–Crippen MR) is 59.1 cm³/mol. The lowest BCUT2D eigenvalue weighted by molar-refractivity contribution is 0.550. The minimum absolute atomic E-state index is 0.0310. The molecule has 78 valence electrons. The van der Waals surface area contributed by atoms with Crippen LogP contribution in [0.1, 0.15) is 31.2 Å². The maximum atomic E-state index is 11.6. The average Bonchev–Trinajstić information content (AvgIpc) is 2.16. The van der Waals surface area contributed by atoms with Crippen LogP contribution >= 0.6 is 0 Å². The molecular weight excluding hydrogens is 190 g/mol. The van der Waals surface area contributed by atoms with Crippen molar-refractivity contribution in [1.82, 2.24) is 4.98 Å². The van der Waals surface area contributed by atoms with E-state index in [0.717, 1.165) is 5.69 Å². The summed E-state index contributed by atoms with van der Waals surface area (Å²) in [6.07, 6.45) is 0. The molecule has 2 rings (SSSR count). The lowest BCUT2D eigenvalue weighted by Crippen LogP contribution is -2.03. The van der Waals surface area contributed by atoms with Gasteiger partial charge in [-0.3, -0.25) is 4.79 Å². The number of hydrogen-bond acceptors (Lipinski definition) is 3. The van der Waals surface area contributed by atoms with Gasteiger partial charge in [0, 0.05) is 11.8 Å². The van der Waals surface area contributed by atoms with Crippen LogP contribution in [0.5, 0.6) is 0 Å². The zero-order valence-electron chi connectivity index (χ0n) is 9.07. The van der Waals surface area contributed by atoms with Gasteiger partial charge in [-0.25, -0.2) is 4.98 Å². The number of aryl methyl sites for hydroxylation is 1. The van der Waals surface area contributed by atoms with Crippen LogP contribution in [0.4, 0.5) is 0 Å². The first kappa shape index (κ1) is 9.90. The monoisotopic (exact) mass is 203 g/mol. The molecule has 0 atom stereocenters. The van der Waals surface area contributed by atoms with Crippen molar-refractivity contribution in [2.24, 2.45) is 0 Å². The summed E-state index contributed by atoms with van der Waals surface area (Å²) in [4.78, 5) is 15.9. The molecule has 2 aromatic heterocycles. The Balaban J connectivity index is 2.77. The molecule has 0 aliphatic carbocycles. The SMILES string of the molecule is Cc1cc(=O)c2ccc(C(C)C)nc2o1. The molecule has 0 saturated carbocycles. The minimum atomic E-state index is -0.0310. The molecule has 0 unspecified atom stereocenters. The third-order valence-electron chi connectivity index (χ3n) is 2.33. The molecule has 2 aromatic rings. The Kier molecular flexibility index (Phi) is 2.31. The number of pyridine rings is 1. The number of rotatable bonds is 1. The van der Waals surface area contributed by atoms with Gasteiger partial charge in [0.15, 0.2) is 5.43 Å². The zero-order chi connectivity index (χ0) is 11.0. The van der Waals surface area contributed by atoms with E-state index in [4.69, 9.17) is 4.42 Å². The van der Waals surface area contributed by atoms with Crippen LogP contribution in [0.3, 0.4) is 0 Å². The van der Waals surface area contributed by atoms with Crippen molar-refractivity contribution in [3.05, 3.63) is 39.9 Å². The maximum absolute atomic E-state index is 11.6. The van der Waals surface area contributed by atoms with Crippen molar-refractivity contribution in [3.63, 3.8) is 0 Å². The molecule has 0 N–H and O–H groups in total. The van der Waals surface area contributed by atoms with E-state index < -0.39 is 0 Å². The Labute approximate surface area is 87.8 Å². The van der Waals surface area contributed by atoms with Crippen LogP contribution in [0.25, 0.3) is 11.1 Å². The molecule has 0 aliphatic rings. The molecular formula is C12H13NO2. The highest BCUT2D eigenvalue weighted by atomic mass is 16.3. The van der Waals surface area contributed by atoms with Gasteiger partial charge in [-0.1, -0.05) is 13.8 Å². The Hall–Kier alpha value is -1.64. The topological polar surface area (TPSA) is 43.1 Å². The third kappa shape index (κ3) is 1.77. The van der Waals surface area contributed by atoms with Crippen LogP contribution in [0.2, 0.25) is 0 Å². The van der Waals surface area contributed by atoms with E-state index in [0.29, 0.717) is 22.8 Å². The van der Waals surface area contributed by atoms with Gasteiger partial charge >= 0.3 is 0 Å². The minimum Gasteiger partial charge on any atom is -0.443 e. The summed E-state index contributed by atoms with van der Waals surface area (Å²) >= 11 is 0. The van der Waals surface area contributed by atoms with Crippen molar-refractivity contribution in [2.45, 2.75) is 26.7 Å². The van der Waals surface area contributed by atoms with Crippen LogP contribution in [-0.4, -0.2) is 4.98 Å². The van der Waals surface area contributed by atoms with Crippen LogP contribution < -0.4 is 5.43 Å². The first-order valence-corrected chi connectivity index (χ1v) is 4.99. The van der Waals surface area contributed by atoms with Gasteiger partial charge in [0.2, 0.25) is 5.71 Å². The zero-order valence-corrected chi connectivity index (χ0v) is 9.07. The van der Waals surface area contributed by atoms with Crippen molar-refractivity contribution in [1.29, 1.82) is 0 Å². The Morgan fingerprint density at radius 1 is 1.33 bits per heavy atom. The lowest BCUT2D eigenvalue weighted by Gasteiger charge is -2.04. The summed E-state index contributed by atoms with van der Waals surface area (Å²) in [7, 11) is 0. The second kappa shape index (κ2) is 3.50. The maximum Gasteiger partial charge on any atom is 0.230 e. The Bertz CT molecular complexity index is 555. The molecule has 0 bridgehead atoms. The van der Waals surface area contributed by atoms with E-state index in [1.807, 2.05) is 6.07 Å². The highest BCUT2D eigenvalue weighted by molar-refractivity contribution is 5.72. The molecule has 0 fully saturated rings. The first-order chi connectivity index (χ1) is 7.08. The number of aromatic nitrogens is 1. The van der Waals surface area contributed by atoms with Gasteiger partial charge < -0.3 is 4.42 Å². The fourth-order valence-electron chi connectivity index (χ4n) is 1.49. The average molecular weight is 203 g/mol. The molecule has 3 nitrogen and oxygen atoms in total. The first-order valence-electron chi connectivity index (χ1n) is 4.99. The van der Waals surface area contributed by atoms with Crippen molar-refractivity contribution in [2.75, 3.05) is 0 Å². The second-order valence-corrected chi connectivity index (χ2v) is 3.96. The molecule has 0 amide bonds. The Morgan fingerprint density at radius 3 is 2.73 bits per heavy atom. The summed E-state index contributed by atoms with van der Waals surface area (Å²) in [6, 6.07) is 5.14. The van der Waals surface area contributed by atoms with Crippen molar-refractivity contribution < 1.29 is 4.42 Å². The second-order valence-electron chi connectivity index (χ2n) is 3.96. The molecule has 0 radical (unpaired) electrons. The third-order valence-corrected chi connectivity index (χ3v) is 2.33. The fraction of sp³-hybridized carbons (Fsp3) is 0.333. The van der Waals surface area contributed by atoms with Gasteiger partial charge in [0.1, 0.15) is 5.76 Å². The molecule has 0 saturated heterocycles. The predicted octanol–water partition coefficient (Wildman–Crippen LogP) is 2.62. The van der Waals surface area contributed by atoms with Gasteiger partial charge in [0.05, 0.1) is 5.39 Å². The lowest BCUT2D eigenvalue weighted by atomic mass is 10.1. The molecule has 2 heterocycles. The summed E-state index contributed by atoms with van der Waals surface area (Å²) in [5.74, 6) is 0.932. The van der Waals surface area contributed by atoms with E-state index in [1.165, 1.54) is 6.07 Å². The number of nitrogens with zero attached hydrogens (tertiary/aromatic N) is 1.